The monoisotopic (exact) mass is 538 g/mol. The minimum absolute atomic E-state index is 0.113. The van der Waals surface area contributed by atoms with Gasteiger partial charge in [-0.2, -0.15) is 0 Å². The number of aryl methyl sites for hydroxylation is 2. The molecule has 0 saturated carbocycles. The van der Waals surface area contributed by atoms with E-state index in [-0.39, 0.29) is 22.9 Å². The van der Waals surface area contributed by atoms with Crippen LogP contribution in [-0.4, -0.2) is 36.6 Å². The van der Waals surface area contributed by atoms with Crippen LogP contribution in [0.1, 0.15) is 17.5 Å². The Morgan fingerprint density at radius 3 is 1.26 bits per heavy atom. The molecule has 2 aromatic rings. The molecule has 0 aliphatic carbocycles. The lowest BCUT2D eigenvalue weighted by Crippen LogP contribution is -2.27. The fraction of sp³-hybridized carbons (Fsp3) is 0.294. The van der Waals surface area contributed by atoms with Crippen LogP contribution in [0.5, 0.6) is 0 Å². The van der Waals surface area contributed by atoms with Crippen LogP contribution < -0.4 is 0 Å². The maximum Gasteiger partial charge on any atom is 0.252 e. The second kappa shape index (κ2) is 9.15. The molecular formula is C17H20Br2N2O4S2. The molecule has 0 spiro atoms. The molecule has 10 heteroatoms. The van der Waals surface area contributed by atoms with E-state index in [0.717, 1.165) is 17.8 Å². The molecule has 0 unspecified atom stereocenters. The van der Waals surface area contributed by atoms with Crippen LogP contribution in [0.25, 0.3) is 0 Å². The molecule has 0 aromatic heterocycles. The Kier molecular flexibility index (Phi) is 7.62. The zero-order valence-corrected chi connectivity index (χ0v) is 19.6. The molecule has 6 nitrogen and oxygen atoms in total. The first-order valence-electron chi connectivity index (χ1n) is 8.05. The SMILES string of the molecule is Cc1ccc(S(=O)(=O)N(Br)CCCN(Br)S(=O)(=O)c2ccc(C)cc2)cc1. The smallest absolute Gasteiger partial charge is 0.206 e. The summed E-state index contributed by atoms with van der Waals surface area (Å²) in [6.45, 7) is 3.98. The minimum Gasteiger partial charge on any atom is -0.206 e. The lowest BCUT2D eigenvalue weighted by molar-refractivity contribution is 0.514. The molecule has 0 amide bonds. The van der Waals surface area contributed by atoms with E-state index in [1.165, 1.54) is 24.3 Å². The molecule has 2 aromatic carbocycles. The highest BCUT2D eigenvalue weighted by Crippen LogP contribution is 2.22. The zero-order valence-electron chi connectivity index (χ0n) is 14.8. The van der Waals surface area contributed by atoms with Gasteiger partial charge in [0.1, 0.15) is 0 Å². The third kappa shape index (κ3) is 5.61. The molecule has 148 valence electrons. The Hall–Kier alpha value is -0.780. The van der Waals surface area contributed by atoms with Crippen LogP contribution in [0.2, 0.25) is 0 Å². The summed E-state index contributed by atoms with van der Waals surface area (Å²) in [7, 11) is -7.36. The third-order valence-corrected chi connectivity index (χ3v) is 9.97. The minimum atomic E-state index is -3.68. The summed E-state index contributed by atoms with van der Waals surface area (Å²) in [4.78, 5) is 0.348. The molecule has 0 fully saturated rings. The highest BCUT2D eigenvalue weighted by atomic mass is 79.9. The average molecular weight is 540 g/mol. The maximum atomic E-state index is 12.5. The predicted molar refractivity (Wildman–Crippen MR) is 113 cm³/mol. The van der Waals surface area contributed by atoms with Crippen molar-refractivity contribution in [2.24, 2.45) is 0 Å². The molecule has 0 N–H and O–H groups in total. The highest BCUT2D eigenvalue weighted by Gasteiger charge is 2.25. The van der Waals surface area contributed by atoms with Gasteiger partial charge < -0.3 is 0 Å². The van der Waals surface area contributed by atoms with E-state index in [1.807, 2.05) is 13.8 Å². The van der Waals surface area contributed by atoms with Crippen LogP contribution in [-0.2, 0) is 20.0 Å². The summed E-state index contributed by atoms with van der Waals surface area (Å²) >= 11 is 6.14. The Labute approximate surface area is 178 Å². The van der Waals surface area contributed by atoms with Gasteiger partial charge in [-0.15, -0.1) is 6.66 Å². The van der Waals surface area contributed by atoms with E-state index in [1.54, 1.807) is 24.3 Å². The molecule has 0 aliphatic rings. The van der Waals surface area contributed by atoms with Gasteiger partial charge >= 0.3 is 0 Å². The molecule has 0 heterocycles. The van der Waals surface area contributed by atoms with Gasteiger partial charge in [0.05, 0.1) is 9.79 Å². The van der Waals surface area contributed by atoms with E-state index in [9.17, 15) is 16.8 Å². The Morgan fingerprint density at radius 1 is 0.667 bits per heavy atom. The van der Waals surface area contributed by atoms with Gasteiger partial charge in [0.2, 0.25) is 0 Å². The number of rotatable bonds is 8. The Bertz CT molecular complexity index is 895. The summed E-state index contributed by atoms with van der Waals surface area (Å²) in [5.41, 5.74) is 1.93. The van der Waals surface area contributed by atoms with Gasteiger partial charge in [0.25, 0.3) is 20.0 Å². The van der Waals surface area contributed by atoms with Crippen molar-refractivity contribution in [2.45, 2.75) is 30.1 Å². The number of hydrogen-bond donors (Lipinski definition) is 0. The van der Waals surface area contributed by atoms with Crippen molar-refractivity contribution in [1.82, 2.24) is 6.66 Å². The van der Waals surface area contributed by atoms with Crippen LogP contribution in [0.3, 0.4) is 0 Å². The summed E-state index contributed by atoms with van der Waals surface area (Å²) < 4.78 is 52.1. The van der Waals surface area contributed by atoms with E-state index >= 15 is 0 Å². The molecule has 0 radical (unpaired) electrons. The molecule has 0 saturated heterocycles. The van der Waals surface area contributed by atoms with Gasteiger partial charge in [-0.3, -0.25) is 0 Å². The van der Waals surface area contributed by atoms with E-state index < -0.39 is 20.0 Å². The molecule has 0 bridgehead atoms. The second-order valence-corrected chi connectivity index (χ2v) is 12.4. The quantitative estimate of drug-likeness (QED) is 0.475. The van der Waals surface area contributed by atoms with Crippen molar-refractivity contribution in [3.63, 3.8) is 0 Å². The van der Waals surface area contributed by atoms with Crippen LogP contribution in [0, 0.1) is 13.8 Å². The lowest BCUT2D eigenvalue weighted by atomic mass is 10.2. The average Bonchev–Trinajstić information content (AvgIpc) is 2.62. The number of hydrogen-bond acceptors (Lipinski definition) is 4. The molecular weight excluding hydrogens is 520 g/mol. The van der Waals surface area contributed by atoms with Crippen LogP contribution in [0.4, 0.5) is 0 Å². The van der Waals surface area contributed by atoms with E-state index in [4.69, 9.17) is 0 Å². The summed E-state index contributed by atoms with van der Waals surface area (Å²) in [5, 5.41) is 0. The van der Waals surface area contributed by atoms with E-state index in [2.05, 4.69) is 32.3 Å². The number of nitrogens with zero attached hydrogens (tertiary/aromatic N) is 2. The number of benzene rings is 2. The molecule has 27 heavy (non-hydrogen) atoms. The highest BCUT2D eigenvalue weighted by molar-refractivity contribution is 9.09. The van der Waals surface area contributed by atoms with Gasteiger partial charge in [-0.1, -0.05) is 35.4 Å². The van der Waals surface area contributed by atoms with Crippen molar-refractivity contribution >= 4 is 52.3 Å². The van der Waals surface area contributed by atoms with Crippen molar-refractivity contribution in [3.8, 4) is 0 Å². The molecule has 0 atom stereocenters. The first-order chi connectivity index (χ1) is 12.5. The van der Waals surface area contributed by atoms with Crippen molar-refractivity contribution < 1.29 is 16.8 Å². The van der Waals surface area contributed by atoms with Crippen molar-refractivity contribution in [1.29, 1.82) is 0 Å². The fourth-order valence-electron chi connectivity index (χ4n) is 2.21. The van der Waals surface area contributed by atoms with E-state index in [0.29, 0.717) is 6.42 Å². The number of sulfonamides is 2. The Balaban J connectivity index is 1.98. The normalized spacial score (nSPS) is 12.7. The lowest BCUT2D eigenvalue weighted by Gasteiger charge is -2.18. The maximum absolute atomic E-state index is 12.5. The van der Waals surface area contributed by atoms with Gasteiger partial charge in [0.15, 0.2) is 0 Å². The molecule has 0 aliphatic heterocycles. The predicted octanol–water partition coefficient (Wildman–Crippen LogP) is 3.99. The van der Waals surface area contributed by atoms with Gasteiger partial charge in [0, 0.05) is 45.4 Å². The van der Waals surface area contributed by atoms with Crippen molar-refractivity contribution in [3.05, 3.63) is 59.7 Å². The number of halogens is 2. The summed E-state index contributed by atoms with van der Waals surface area (Å²) in [5.74, 6) is 0. The first-order valence-corrected chi connectivity index (χ1v) is 12.4. The molecule has 2 rings (SSSR count). The third-order valence-electron chi connectivity index (χ3n) is 3.83. The first kappa shape index (κ1) is 22.5. The van der Waals surface area contributed by atoms with Gasteiger partial charge in [-0.05, 0) is 44.5 Å². The zero-order chi connectivity index (χ0) is 20.2. The van der Waals surface area contributed by atoms with Gasteiger partial charge in [-0.25, -0.2) is 16.8 Å². The largest absolute Gasteiger partial charge is 0.252 e. The fourth-order valence-corrected chi connectivity index (χ4v) is 5.87. The summed E-state index contributed by atoms with van der Waals surface area (Å²) in [6.07, 6.45) is 0.298. The Morgan fingerprint density at radius 2 is 0.963 bits per heavy atom. The van der Waals surface area contributed by atoms with Crippen LogP contribution >= 0.6 is 32.3 Å². The van der Waals surface area contributed by atoms with Crippen LogP contribution in [0.15, 0.2) is 58.3 Å². The second-order valence-electron chi connectivity index (χ2n) is 6.01. The van der Waals surface area contributed by atoms with Crippen molar-refractivity contribution in [2.75, 3.05) is 13.1 Å². The summed E-state index contributed by atoms with van der Waals surface area (Å²) in [6, 6.07) is 13.1. The topological polar surface area (TPSA) is 74.8 Å². The standard InChI is InChI=1S/C17H20Br2N2O4S2/c1-14-4-8-16(9-5-14)26(22,23)20(18)12-3-13-21(19)27(24,25)17-10-6-15(2)7-11-17/h4-11H,3,12-13H2,1-2H3.